The maximum atomic E-state index is 12.4. The minimum atomic E-state index is -0.193. The standard InChI is InChI=1S/C10H12FN/c11-10-6-4-9(5-7-10)3-1-2-8-12/h1-2,4-7H,3,8,12H2/b2-1+. The number of allylic oxidation sites excluding steroid dienone is 1. The molecule has 0 saturated heterocycles. The lowest BCUT2D eigenvalue weighted by atomic mass is 10.1. The first-order valence-corrected chi connectivity index (χ1v) is 3.92. The van der Waals surface area contributed by atoms with E-state index in [0.717, 1.165) is 12.0 Å². The minimum absolute atomic E-state index is 0.193. The zero-order valence-corrected chi connectivity index (χ0v) is 6.83. The van der Waals surface area contributed by atoms with E-state index in [0.29, 0.717) is 6.54 Å². The summed E-state index contributed by atoms with van der Waals surface area (Å²) >= 11 is 0. The minimum Gasteiger partial charge on any atom is -0.327 e. The monoisotopic (exact) mass is 165 g/mol. The summed E-state index contributed by atoms with van der Waals surface area (Å²) in [5.41, 5.74) is 6.37. The van der Waals surface area contributed by atoms with E-state index < -0.39 is 0 Å². The van der Waals surface area contributed by atoms with E-state index in [4.69, 9.17) is 5.73 Å². The highest BCUT2D eigenvalue weighted by atomic mass is 19.1. The van der Waals surface area contributed by atoms with Crippen molar-refractivity contribution in [2.75, 3.05) is 6.54 Å². The van der Waals surface area contributed by atoms with Crippen LogP contribution in [0, 0.1) is 5.82 Å². The summed E-state index contributed by atoms with van der Waals surface area (Å²) in [5.74, 6) is -0.193. The lowest BCUT2D eigenvalue weighted by molar-refractivity contribution is 0.627. The molecule has 0 aliphatic carbocycles. The van der Waals surface area contributed by atoms with Crippen LogP contribution in [0.3, 0.4) is 0 Å². The Morgan fingerprint density at radius 2 is 1.83 bits per heavy atom. The Morgan fingerprint density at radius 3 is 2.42 bits per heavy atom. The molecule has 0 fully saturated rings. The van der Waals surface area contributed by atoms with Crippen molar-refractivity contribution in [1.82, 2.24) is 0 Å². The maximum absolute atomic E-state index is 12.4. The molecule has 0 aromatic heterocycles. The number of halogens is 1. The molecule has 0 bridgehead atoms. The fourth-order valence-corrected chi connectivity index (χ4v) is 0.936. The number of hydrogen-bond donors (Lipinski definition) is 1. The second-order valence-corrected chi connectivity index (χ2v) is 2.54. The van der Waals surface area contributed by atoms with Gasteiger partial charge in [-0.2, -0.15) is 0 Å². The van der Waals surface area contributed by atoms with Gasteiger partial charge >= 0.3 is 0 Å². The van der Waals surface area contributed by atoms with Crippen molar-refractivity contribution in [3.8, 4) is 0 Å². The summed E-state index contributed by atoms with van der Waals surface area (Å²) in [5, 5.41) is 0. The van der Waals surface area contributed by atoms with Crippen LogP contribution < -0.4 is 5.73 Å². The molecule has 0 spiro atoms. The molecular weight excluding hydrogens is 153 g/mol. The van der Waals surface area contributed by atoms with Gasteiger partial charge in [0, 0.05) is 6.54 Å². The van der Waals surface area contributed by atoms with Gasteiger partial charge in [-0.15, -0.1) is 0 Å². The molecular formula is C10H12FN. The second-order valence-electron chi connectivity index (χ2n) is 2.54. The van der Waals surface area contributed by atoms with Gasteiger partial charge in [-0.05, 0) is 24.1 Å². The van der Waals surface area contributed by atoms with Gasteiger partial charge in [-0.1, -0.05) is 24.3 Å². The normalized spacial score (nSPS) is 10.8. The van der Waals surface area contributed by atoms with E-state index in [1.807, 2.05) is 12.2 Å². The summed E-state index contributed by atoms with van der Waals surface area (Å²) in [6.45, 7) is 0.557. The first-order chi connectivity index (χ1) is 5.83. The highest BCUT2D eigenvalue weighted by molar-refractivity contribution is 5.18. The number of benzene rings is 1. The zero-order valence-electron chi connectivity index (χ0n) is 6.83. The molecule has 0 aliphatic heterocycles. The van der Waals surface area contributed by atoms with Crippen molar-refractivity contribution >= 4 is 0 Å². The summed E-state index contributed by atoms with van der Waals surface area (Å²) in [6, 6.07) is 6.48. The largest absolute Gasteiger partial charge is 0.327 e. The Labute approximate surface area is 71.7 Å². The van der Waals surface area contributed by atoms with Gasteiger partial charge in [-0.3, -0.25) is 0 Å². The van der Waals surface area contributed by atoms with Crippen molar-refractivity contribution in [2.45, 2.75) is 6.42 Å². The molecule has 1 aromatic rings. The molecule has 2 N–H and O–H groups in total. The average Bonchev–Trinajstić information content (AvgIpc) is 2.09. The van der Waals surface area contributed by atoms with Crippen LogP contribution in [0.5, 0.6) is 0 Å². The van der Waals surface area contributed by atoms with Gasteiger partial charge in [0.25, 0.3) is 0 Å². The van der Waals surface area contributed by atoms with Crippen LogP contribution in [0.1, 0.15) is 5.56 Å². The second kappa shape index (κ2) is 4.67. The van der Waals surface area contributed by atoms with Gasteiger partial charge in [0.2, 0.25) is 0 Å². The third-order valence-electron chi connectivity index (χ3n) is 1.57. The van der Waals surface area contributed by atoms with Crippen LogP contribution in [-0.2, 0) is 6.42 Å². The quantitative estimate of drug-likeness (QED) is 0.680. The van der Waals surface area contributed by atoms with E-state index in [2.05, 4.69) is 0 Å². The SMILES string of the molecule is NC/C=C/Cc1ccc(F)cc1. The highest BCUT2D eigenvalue weighted by Crippen LogP contribution is 2.03. The molecule has 64 valence electrons. The Kier molecular flexibility index (Phi) is 3.48. The third kappa shape index (κ3) is 2.84. The van der Waals surface area contributed by atoms with Crippen LogP contribution in [-0.4, -0.2) is 6.54 Å². The predicted molar refractivity (Wildman–Crippen MR) is 48.3 cm³/mol. The first kappa shape index (κ1) is 8.94. The summed E-state index contributed by atoms with van der Waals surface area (Å²) in [6.07, 6.45) is 4.69. The Morgan fingerprint density at radius 1 is 1.17 bits per heavy atom. The van der Waals surface area contributed by atoms with Crippen LogP contribution >= 0.6 is 0 Å². The highest BCUT2D eigenvalue weighted by Gasteiger charge is 1.89. The van der Waals surface area contributed by atoms with Gasteiger partial charge in [-0.25, -0.2) is 4.39 Å². The molecule has 12 heavy (non-hydrogen) atoms. The summed E-state index contributed by atoms with van der Waals surface area (Å²) in [7, 11) is 0. The number of rotatable bonds is 3. The van der Waals surface area contributed by atoms with Gasteiger partial charge in [0.15, 0.2) is 0 Å². The van der Waals surface area contributed by atoms with E-state index >= 15 is 0 Å². The maximum Gasteiger partial charge on any atom is 0.123 e. The average molecular weight is 165 g/mol. The number of hydrogen-bond acceptors (Lipinski definition) is 1. The molecule has 2 heteroatoms. The topological polar surface area (TPSA) is 26.0 Å². The number of nitrogens with two attached hydrogens (primary N) is 1. The fourth-order valence-electron chi connectivity index (χ4n) is 0.936. The van der Waals surface area contributed by atoms with Gasteiger partial charge in [0.05, 0.1) is 0 Å². The van der Waals surface area contributed by atoms with Crippen molar-refractivity contribution in [2.24, 2.45) is 5.73 Å². The van der Waals surface area contributed by atoms with Crippen molar-refractivity contribution in [3.63, 3.8) is 0 Å². The van der Waals surface area contributed by atoms with E-state index in [9.17, 15) is 4.39 Å². The molecule has 0 unspecified atom stereocenters. The van der Waals surface area contributed by atoms with Crippen molar-refractivity contribution in [1.29, 1.82) is 0 Å². The summed E-state index contributed by atoms with van der Waals surface area (Å²) < 4.78 is 12.4. The molecule has 1 rings (SSSR count). The van der Waals surface area contributed by atoms with Crippen LogP contribution in [0.2, 0.25) is 0 Å². The van der Waals surface area contributed by atoms with Gasteiger partial charge < -0.3 is 5.73 Å². The molecule has 0 aliphatic rings. The zero-order chi connectivity index (χ0) is 8.81. The van der Waals surface area contributed by atoms with Crippen molar-refractivity contribution < 1.29 is 4.39 Å². The summed E-state index contributed by atoms with van der Waals surface area (Å²) in [4.78, 5) is 0. The van der Waals surface area contributed by atoms with Crippen LogP contribution in [0.15, 0.2) is 36.4 Å². The molecule has 0 heterocycles. The Balaban J connectivity index is 2.53. The fraction of sp³-hybridized carbons (Fsp3) is 0.200. The van der Waals surface area contributed by atoms with Crippen LogP contribution in [0.25, 0.3) is 0 Å². The van der Waals surface area contributed by atoms with Crippen LogP contribution in [0.4, 0.5) is 4.39 Å². The van der Waals surface area contributed by atoms with Gasteiger partial charge in [0.1, 0.15) is 5.82 Å². The molecule has 0 atom stereocenters. The lowest BCUT2D eigenvalue weighted by Crippen LogP contribution is -1.92. The molecule has 0 radical (unpaired) electrons. The third-order valence-corrected chi connectivity index (χ3v) is 1.57. The molecule has 0 amide bonds. The predicted octanol–water partition coefficient (Wildman–Crippen LogP) is 1.88. The smallest absolute Gasteiger partial charge is 0.123 e. The lowest BCUT2D eigenvalue weighted by Gasteiger charge is -1.94. The first-order valence-electron chi connectivity index (χ1n) is 3.92. The Bertz CT molecular complexity index is 251. The van der Waals surface area contributed by atoms with E-state index in [1.165, 1.54) is 12.1 Å². The van der Waals surface area contributed by atoms with Crippen molar-refractivity contribution in [3.05, 3.63) is 47.8 Å². The van der Waals surface area contributed by atoms with E-state index in [-0.39, 0.29) is 5.82 Å². The molecule has 1 aromatic carbocycles. The van der Waals surface area contributed by atoms with E-state index in [1.54, 1.807) is 12.1 Å². The molecule has 1 nitrogen and oxygen atoms in total. The molecule has 0 saturated carbocycles. The Hall–Kier alpha value is -1.15.